The van der Waals surface area contributed by atoms with Gasteiger partial charge < -0.3 is 26.0 Å². The van der Waals surface area contributed by atoms with Gasteiger partial charge in [0.2, 0.25) is 5.91 Å². The van der Waals surface area contributed by atoms with Crippen molar-refractivity contribution in [2.24, 2.45) is 5.73 Å². The van der Waals surface area contributed by atoms with Crippen LogP contribution in [0.3, 0.4) is 0 Å². The number of nitro benzene ring substituents is 1. The smallest absolute Gasteiger partial charge is 0.317 e. The van der Waals surface area contributed by atoms with Gasteiger partial charge in [0.1, 0.15) is 5.75 Å². The quantitative estimate of drug-likeness (QED) is 0.309. The Morgan fingerprint density at radius 3 is 2.53 bits per heavy atom. The van der Waals surface area contributed by atoms with E-state index in [-0.39, 0.29) is 28.7 Å². The van der Waals surface area contributed by atoms with Gasteiger partial charge in [-0.05, 0) is 18.1 Å². The zero-order valence-corrected chi connectivity index (χ0v) is 16.9. The molecule has 0 aliphatic carbocycles. The molecule has 0 aromatic heterocycles. The van der Waals surface area contributed by atoms with Crippen LogP contribution < -0.4 is 21.1 Å². The van der Waals surface area contributed by atoms with Gasteiger partial charge >= 0.3 is 6.03 Å². The summed E-state index contributed by atoms with van der Waals surface area (Å²) in [6.45, 7) is 1.21. The Bertz CT molecular complexity index is 904. The van der Waals surface area contributed by atoms with Crippen molar-refractivity contribution in [2.75, 3.05) is 32.6 Å². The summed E-state index contributed by atoms with van der Waals surface area (Å²) in [6.07, 6.45) is 0.535. The lowest BCUT2D eigenvalue weighted by molar-refractivity contribution is -0.384. The summed E-state index contributed by atoms with van der Waals surface area (Å²) in [4.78, 5) is 35.8. The lowest BCUT2D eigenvalue weighted by atomic mass is 10.1. The number of nitrogens with one attached hydrogen (secondary N) is 2. The Hall–Kier alpha value is -3.82. The van der Waals surface area contributed by atoms with Crippen molar-refractivity contribution in [2.45, 2.75) is 13.0 Å². The number of amides is 3. The van der Waals surface area contributed by atoms with E-state index in [1.54, 1.807) is 7.05 Å². The van der Waals surface area contributed by atoms with Crippen LogP contribution in [-0.2, 0) is 6.54 Å². The predicted octanol–water partition coefficient (Wildman–Crippen LogP) is 2.35. The third-order valence-corrected chi connectivity index (χ3v) is 4.39. The number of benzene rings is 2. The molecule has 0 heterocycles. The Morgan fingerprint density at radius 1 is 1.23 bits per heavy atom. The molecule has 2 aromatic carbocycles. The van der Waals surface area contributed by atoms with E-state index >= 15 is 0 Å². The summed E-state index contributed by atoms with van der Waals surface area (Å²) >= 11 is 0. The number of nitro groups is 1. The van der Waals surface area contributed by atoms with Crippen molar-refractivity contribution < 1.29 is 19.2 Å². The second-order valence-electron chi connectivity index (χ2n) is 6.54. The molecule has 0 aliphatic heterocycles. The number of hydrogen-bond acceptors (Lipinski definition) is 6. The maximum Gasteiger partial charge on any atom is 0.317 e. The number of methoxy groups -OCH3 is 1. The predicted molar refractivity (Wildman–Crippen MR) is 113 cm³/mol. The molecule has 160 valence electrons. The molecule has 0 bridgehead atoms. The minimum absolute atomic E-state index is 0.0149. The summed E-state index contributed by atoms with van der Waals surface area (Å²) in [5, 5.41) is 17.2. The van der Waals surface area contributed by atoms with Crippen molar-refractivity contribution in [1.29, 1.82) is 0 Å². The molecule has 0 unspecified atom stereocenters. The van der Waals surface area contributed by atoms with Crippen molar-refractivity contribution >= 4 is 23.3 Å². The van der Waals surface area contributed by atoms with Crippen molar-refractivity contribution in [3.8, 4) is 5.75 Å². The second-order valence-corrected chi connectivity index (χ2v) is 6.54. The van der Waals surface area contributed by atoms with Crippen LogP contribution in [0.1, 0.15) is 22.3 Å². The highest BCUT2D eigenvalue weighted by atomic mass is 16.6. The van der Waals surface area contributed by atoms with Crippen LogP contribution in [0.2, 0.25) is 0 Å². The van der Waals surface area contributed by atoms with Crippen LogP contribution in [0, 0.1) is 10.1 Å². The summed E-state index contributed by atoms with van der Waals surface area (Å²) < 4.78 is 5.17. The second kappa shape index (κ2) is 10.6. The molecular formula is C20H25N5O5. The van der Waals surface area contributed by atoms with Gasteiger partial charge in [-0.1, -0.05) is 30.3 Å². The van der Waals surface area contributed by atoms with E-state index in [1.165, 1.54) is 18.1 Å². The molecular weight excluding hydrogens is 390 g/mol. The van der Waals surface area contributed by atoms with Crippen LogP contribution in [0.25, 0.3) is 0 Å². The average Bonchev–Trinajstić information content (AvgIpc) is 2.74. The molecule has 0 saturated heterocycles. The van der Waals surface area contributed by atoms with Gasteiger partial charge in [-0.15, -0.1) is 0 Å². The Morgan fingerprint density at radius 2 is 1.93 bits per heavy atom. The molecule has 0 atom stereocenters. The molecule has 2 rings (SSSR count). The fourth-order valence-corrected chi connectivity index (χ4v) is 2.77. The first kappa shape index (κ1) is 22.5. The minimum atomic E-state index is -0.786. The number of nitrogens with zero attached hydrogens (tertiary/aromatic N) is 2. The van der Waals surface area contributed by atoms with Crippen molar-refractivity contribution in [3.63, 3.8) is 0 Å². The van der Waals surface area contributed by atoms with Gasteiger partial charge in [-0.3, -0.25) is 14.9 Å². The van der Waals surface area contributed by atoms with E-state index < -0.39 is 10.8 Å². The van der Waals surface area contributed by atoms with E-state index in [1.807, 2.05) is 30.3 Å². The Balaban J connectivity index is 1.90. The molecule has 0 aliphatic rings. The number of anilines is 1. The third kappa shape index (κ3) is 6.09. The lowest BCUT2D eigenvalue weighted by Gasteiger charge is -2.18. The molecule has 0 radical (unpaired) electrons. The number of rotatable bonds is 10. The van der Waals surface area contributed by atoms with Crippen LogP contribution in [0.4, 0.5) is 16.2 Å². The van der Waals surface area contributed by atoms with E-state index in [4.69, 9.17) is 10.5 Å². The van der Waals surface area contributed by atoms with Crippen LogP contribution in [-0.4, -0.2) is 49.0 Å². The molecule has 2 aromatic rings. The first-order chi connectivity index (χ1) is 14.3. The third-order valence-electron chi connectivity index (χ3n) is 4.39. The zero-order valence-electron chi connectivity index (χ0n) is 16.9. The number of urea groups is 1. The monoisotopic (exact) mass is 415 g/mol. The first-order valence-electron chi connectivity index (χ1n) is 9.26. The van der Waals surface area contributed by atoms with Crippen molar-refractivity contribution in [3.05, 3.63) is 63.7 Å². The normalized spacial score (nSPS) is 10.2. The van der Waals surface area contributed by atoms with Gasteiger partial charge in [0.05, 0.1) is 12.0 Å². The SMILES string of the molecule is COc1cc(C(N)=O)cc([N+](=O)[O-])c1NCCCN(C)C(=O)NCc1ccccc1. The molecule has 10 heteroatoms. The van der Waals surface area contributed by atoms with E-state index in [0.29, 0.717) is 26.1 Å². The standard InChI is InChI=1S/C20H25N5O5/c1-24(20(27)23-13-14-7-4-3-5-8-14)10-6-9-22-18-16(25(28)29)11-15(19(21)26)12-17(18)30-2/h3-5,7-8,11-12,22H,6,9-10,13H2,1-2H3,(H2,21,26)(H,23,27). The van der Waals surface area contributed by atoms with Crippen molar-refractivity contribution in [1.82, 2.24) is 10.2 Å². The van der Waals surface area contributed by atoms with Crippen LogP contribution in [0.15, 0.2) is 42.5 Å². The van der Waals surface area contributed by atoms with E-state index in [0.717, 1.165) is 11.6 Å². The first-order valence-corrected chi connectivity index (χ1v) is 9.26. The molecule has 3 amide bonds. The Labute approximate surface area is 174 Å². The number of carbonyl (C=O) groups is 2. The average molecular weight is 415 g/mol. The number of ether oxygens (including phenoxy) is 1. The number of primary amides is 1. The molecule has 10 nitrogen and oxygen atoms in total. The number of nitrogens with two attached hydrogens (primary N) is 1. The van der Waals surface area contributed by atoms with Gasteiger partial charge in [0.25, 0.3) is 5.69 Å². The summed E-state index contributed by atoms with van der Waals surface area (Å²) in [7, 11) is 3.02. The molecule has 0 saturated carbocycles. The van der Waals surface area contributed by atoms with E-state index in [9.17, 15) is 19.7 Å². The molecule has 30 heavy (non-hydrogen) atoms. The summed E-state index contributed by atoms with van der Waals surface area (Å²) in [5.74, 6) is -0.641. The molecule has 4 N–H and O–H groups in total. The van der Waals surface area contributed by atoms with Gasteiger partial charge in [0, 0.05) is 38.3 Å². The largest absolute Gasteiger partial charge is 0.494 e. The number of hydrogen-bond donors (Lipinski definition) is 3. The topological polar surface area (TPSA) is 140 Å². The lowest BCUT2D eigenvalue weighted by Crippen LogP contribution is -2.37. The number of carbonyl (C=O) groups excluding carboxylic acids is 2. The fourth-order valence-electron chi connectivity index (χ4n) is 2.77. The van der Waals surface area contributed by atoms with E-state index in [2.05, 4.69) is 10.6 Å². The highest BCUT2D eigenvalue weighted by Crippen LogP contribution is 2.35. The van der Waals surface area contributed by atoms with Gasteiger partial charge in [-0.2, -0.15) is 0 Å². The highest BCUT2D eigenvalue weighted by Gasteiger charge is 2.22. The summed E-state index contributed by atoms with van der Waals surface area (Å²) in [6, 6.07) is 11.8. The molecule has 0 fully saturated rings. The maximum atomic E-state index is 12.2. The maximum absolute atomic E-state index is 12.2. The fraction of sp³-hybridized carbons (Fsp3) is 0.300. The van der Waals surface area contributed by atoms with Gasteiger partial charge in [0.15, 0.2) is 5.69 Å². The van der Waals surface area contributed by atoms with Crippen LogP contribution >= 0.6 is 0 Å². The minimum Gasteiger partial charge on any atom is -0.494 e. The van der Waals surface area contributed by atoms with Crippen LogP contribution in [0.5, 0.6) is 5.75 Å². The zero-order chi connectivity index (χ0) is 22.1. The summed E-state index contributed by atoms with van der Waals surface area (Å²) in [5.41, 5.74) is 6.05. The highest BCUT2D eigenvalue weighted by molar-refractivity contribution is 5.95. The molecule has 0 spiro atoms. The Kier molecular flexibility index (Phi) is 7.98. The van der Waals surface area contributed by atoms with Gasteiger partial charge in [-0.25, -0.2) is 4.79 Å².